The van der Waals surface area contributed by atoms with Crippen LogP contribution in [0, 0.1) is 11.8 Å². The van der Waals surface area contributed by atoms with Crippen LogP contribution in [0.3, 0.4) is 0 Å². The van der Waals surface area contributed by atoms with Crippen molar-refractivity contribution >= 4 is 18.0 Å². The van der Waals surface area contributed by atoms with Gasteiger partial charge < -0.3 is 29.0 Å². The van der Waals surface area contributed by atoms with Crippen LogP contribution in [0.1, 0.15) is 63.4 Å². The Hall–Kier alpha value is -2.81. The standard InChI is InChI=1S/C26H39NO8/c1-16(2)12-26(23(29)30)13-18(14-32-6)20(15-35-24(31)34-8)27(26)22(28)17-9-10-19(25(3,4)5)21(11-17)33-7/h9-11,16,18,20H,12-15H2,1-8H3,(H,29,30)/t18-,20+,26+/m1/s1. The summed E-state index contributed by atoms with van der Waals surface area (Å²) in [7, 11) is 4.25. The quantitative estimate of drug-likeness (QED) is 0.511. The number of ether oxygens (including phenoxy) is 4. The van der Waals surface area contributed by atoms with Crippen LogP contribution < -0.4 is 4.74 Å². The van der Waals surface area contributed by atoms with Crippen molar-refractivity contribution in [2.24, 2.45) is 11.8 Å². The average Bonchev–Trinajstić information content (AvgIpc) is 3.09. The third-order valence-corrected chi connectivity index (χ3v) is 6.48. The van der Waals surface area contributed by atoms with Gasteiger partial charge in [0.05, 0.1) is 26.9 Å². The predicted octanol–water partition coefficient (Wildman–Crippen LogP) is 4.12. The second kappa shape index (κ2) is 11.3. The van der Waals surface area contributed by atoms with Crippen molar-refractivity contribution in [1.82, 2.24) is 4.90 Å². The van der Waals surface area contributed by atoms with E-state index in [2.05, 4.69) is 4.74 Å². The molecule has 1 aromatic carbocycles. The van der Waals surface area contributed by atoms with Gasteiger partial charge in [0.2, 0.25) is 0 Å². The highest BCUT2D eigenvalue weighted by Gasteiger charge is 2.58. The Labute approximate surface area is 207 Å². The third-order valence-electron chi connectivity index (χ3n) is 6.48. The summed E-state index contributed by atoms with van der Waals surface area (Å²) < 4.78 is 20.8. The van der Waals surface area contributed by atoms with Gasteiger partial charge in [0.15, 0.2) is 0 Å². The van der Waals surface area contributed by atoms with Gasteiger partial charge in [0.25, 0.3) is 5.91 Å². The van der Waals surface area contributed by atoms with E-state index >= 15 is 0 Å². The molecule has 35 heavy (non-hydrogen) atoms. The fourth-order valence-corrected chi connectivity index (χ4v) is 5.07. The maximum Gasteiger partial charge on any atom is 0.508 e. The van der Waals surface area contributed by atoms with Gasteiger partial charge in [-0.1, -0.05) is 40.7 Å². The van der Waals surface area contributed by atoms with Crippen molar-refractivity contribution in [3.63, 3.8) is 0 Å². The van der Waals surface area contributed by atoms with Gasteiger partial charge >= 0.3 is 12.1 Å². The van der Waals surface area contributed by atoms with Crippen molar-refractivity contribution in [2.75, 3.05) is 34.5 Å². The molecule has 9 nitrogen and oxygen atoms in total. The van der Waals surface area contributed by atoms with E-state index in [0.717, 1.165) is 5.56 Å². The van der Waals surface area contributed by atoms with Crippen LogP contribution in [0.25, 0.3) is 0 Å². The van der Waals surface area contributed by atoms with E-state index in [9.17, 15) is 19.5 Å². The summed E-state index contributed by atoms with van der Waals surface area (Å²) in [6.07, 6.45) is -0.492. The molecular formula is C26H39NO8. The zero-order valence-corrected chi connectivity index (χ0v) is 22.0. The molecule has 9 heteroatoms. The smallest absolute Gasteiger partial charge is 0.496 e. The van der Waals surface area contributed by atoms with E-state index < -0.39 is 29.6 Å². The van der Waals surface area contributed by atoms with Crippen LogP contribution in [0.15, 0.2) is 18.2 Å². The van der Waals surface area contributed by atoms with Crippen LogP contribution in [-0.4, -0.2) is 74.2 Å². The summed E-state index contributed by atoms with van der Waals surface area (Å²) in [4.78, 5) is 40.0. The monoisotopic (exact) mass is 493 g/mol. The summed E-state index contributed by atoms with van der Waals surface area (Å²) in [6.45, 7) is 9.95. The number of aliphatic carboxylic acids is 1. The molecule has 1 aromatic rings. The molecule has 1 heterocycles. The first-order chi connectivity index (χ1) is 16.3. The van der Waals surface area contributed by atoms with Gasteiger partial charge in [-0.3, -0.25) is 4.79 Å². The minimum Gasteiger partial charge on any atom is -0.496 e. The molecule has 0 radical (unpaired) electrons. The number of rotatable bonds is 9. The third kappa shape index (κ3) is 6.07. The molecular weight excluding hydrogens is 454 g/mol. The largest absolute Gasteiger partial charge is 0.508 e. The molecule has 0 saturated carbocycles. The SMILES string of the molecule is COC[C@H]1C[C@@](CC(C)C)(C(=O)O)N(C(=O)c2ccc(C(C)(C)C)c(OC)c2)[C@H]1COC(=O)OC. The molecule has 2 rings (SSSR count). The minimum absolute atomic E-state index is 0.0114. The molecule has 0 spiro atoms. The highest BCUT2D eigenvalue weighted by Crippen LogP contribution is 2.44. The van der Waals surface area contributed by atoms with E-state index in [1.807, 2.05) is 40.7 Å². The lowest BCUT2D eigenvalue weighted by atomic mass is 9.83. The molecule has 196 valence electrons. The van der Waals surface area contributed by atoms with Crippen molar-refractivity contribution < 1.29 is 38.4 Å². The Bertz CT molecular complexity index is 922. The van der Waals surface area contributed by atoms with Crippen LogP contribution in [0.2, 0.25) is 0 Å². The van der Waals surface area contributed by atoms with Gasteiger partial charge in [-0.15, -0.1) is 0 Å². The summed E-state index contributed by atoms with van der Waals surface area (Å²) in [6, 6.07) is 4.45. The average molecular weight is 494 g/mol. The lowest BCUT2D eigenvalue weighted by Gasteiger charge is -2.39. The van der Waals surface area contributed by atoms with E-state index in [-0.39, 0.29) is 43.3 Å². The molecule has 1 N–H and O–H groups in total. The highest BCUT2D eigenvalue weighted by atomic mass is 16.7. The molecule has 1 saturated heterocycles. The molecule has 1 amide bonds. The van der Waals surface area contributed by atoms with Crippen molar-refractivity contribution in [2.45, 2.75) is 64.5 Å². The molecule has 3 atom stereocenters. The lowest BCUT2D eigenvalue weighted by Crippen LogP contribution is -2.57. The number of carboxylic acids is 1. The first kappa shape index (κ1) is 28.4. The molecule has 0 aliphatic carbocycles. The van der Waals surface area contributed by atoms with Crippen molar-refractivity contribution in [1.29, 1.82) is 0 Å². The number of likely N-dealkylation sites (tertiary alicyclic amines) is 1. The van der Waals surface area contributed by atoms with Gasteiger partial charge in [0, 0.05) is 18.6 Å². The Balaban J connectivity index is 2.65. The lowest BCUT2D eigenvalue weighted by molar-refractivity contribution is -0.150. The highest BCUT2D eigenvalue weighted by molar-refractivity contribution is 5.99. The number of hydrogen-bond acceptors (Lipinski definition) is 7. The summed E-state index contributed by atoms with van der Waals surface area (Å²) in [5, 5.41) is 10.5. The maximum atomic E-state index is 14.0. The minimum atomic E-state index is -1.49. The summed E-state index contributed by atoms with van der Waals surface area (Å²) >= 11 is 0. The number of hydrogen-bond donors (Lipinski definition) is 1. The fraction of sp³-hybridized carbons (Fsp3) is 0.654. The Morgan fingerprint density at radius 3 is 2.29 bits per heavy atom. The van der Waals surface area contributed by atoms with Crippen molar-refractivity contribution in [3.8, 4) is 5.75 Å². The van der Waals surface area contributed by atoms with Crippen LogP contribution in [0.5, 0.6) is 5.75 Å². The normalized spacial score (nSPS) is 22.3. The summed E-state index contributed by atoms with van der Waals surface area (Å²) in [5.41, 5.74) is -0.490. The molecule has 0 aromatic heterocycles. The topological polar surface area (TPSA) is 112 Å². The number of carbonyl (C=O) groups is 3. The van der Waals surface area contributed by atoms with Gasteiger partial charge in [-0.05, 0) is 41.9 Å². The Morgan fingerprint density at radius 2 is 1.80 bits per heavy atom. The van der Waals surface area contributed by atoms with Crippen LogP contribution in [0.4, 0.5) is 4.79 Å². The van der Waals surface area contributed by atoms with Crippen LogP contribution in [-0.2, 0) is 24.4 Å². The van der Waals surface area contributed by atoms with Crippen molar-refractivity contribution in [3.05, 3.63) is 29.3 Å². The maximum absolute atomic E-state index is 14.0. The number of methoxy groups -OCH3 is 3. The Morgan fingerprint density at radius 1 is 1.14 bits per heavy atom. The number of nitrogens with zero attached hydrogens (tertiary/aromatic N) is 1. The second-order valence-electron chi connectivity index (χ2n) is 10.5. The number of benzene rings is 1. The number of amides is 1. The van der Waals surface area contributed by atoms with Crippen LogP contribution >= 0.6 is 0 Å². The first-order valence-corrected chi connectivity index (χ1v) is 11.8. The molecule has 1 aliphatic heterocycles. The second-order valence-corrected chi connectivity index (χ2v) is 10.5. The zero-order valence-electron chi connectivity index (χ0n) is 22.0. The fourth-order valence-electron chi connectivity index (χ4n) is 5.07. The Kier molecular flexibility index (Phi) is 9.17. The molecule has 0 bridgehead atoms. The van der Waals surface area contributed by atoms with E-state index in [4.69, 9.17) is 14.2 Å². The van der Waals surface area contributed by atoms with Gasteiger partial charge in [-0.2, -0.15) is 0 Å². The molecule has 1 fully saturated rings. The number of carboxylic acid groups (broad SMARTS) is 1. The summed E-state index contributed by atoms with van der Waals surface area (Å²) in [5.74, 6) is -1.40. The number of carbonyl (C=O) groups excluding carboxylic acids is 2. The predicted molar refractivity (Wildman–Crippen MR) is 130 cm³/mol. The molecule has 0 unspecified atom stereocenters. The van der Waals surface area contributed by atoms with E-state index in [1.54, 1.807) is 12.1 Å². The van der Waals surface area contributed by atoms with E-state index in [0.29, 0.717) is 11.3 Å². The van der Waals surface area contributed by atoms with E-state index in [1.165, 1.54) is 26.2 Å². The van der Waals surface area contributed by atoms with Gasteiger partial charge in [-0.25, -0.2) is 9.59 Å². The van der Waals surface area contributed by atoms with Gasteiger partial charge in [0.1, 0.15) is 17.9 Å². The molecule has 1 aliphatic rings. The zero-order chi connectivity index (χ0) is 26.6. The first-order valence-electron chi connectivity index (χ1n) is 11.8.